The van der Waals surface area contributed by atoms with Crippen LogP contribution in [0, 0.1) is 22.0 Å². The van der Waals surface area contributed by atoms with E-state index in [2.05, 4.69) is 16.6 Å². The van der Waals surface area contributed by atoms with Gasteiger partial charge in [-0.2, -0.15) is 0 Å². The minimum Gasteiger partial charge on any atom is -0.507 e. The number of aromatic hydroxyl groups is 1. The van der Waals surface area contributed by atoms with E-state index in [-0.39, 0.29) is 17.0 Å². The summed E-state index contributed by atoms with van der Waals surface area (Å²) in [6.45, 7) is 0. The van der Waals surface area contributed by atoms with Gasteiger partial charge < -0.3 is 9.84 Å². The minimum atomic E-state index is -0.786. The number of methoxy groups -OCH3 is 1. The van der Waals surface area contributed by atoms with Crippen LogP contribution in [0.4, 0.5) is 5.69 Å². The van der Waals surface area contributed by atoms with E-state index in [0.717, 1.165) is 25.3 Å². The van der Waals surface area contributed by atoms with Crippen molar-refractivity contribution in [2.45, 2.75) is 0 Å². The molecule has 1 aromatic rings. The van der Waals surface area contributed by atoms with Crippen molar-refractivity contribution in [3.8, 4) is 17.6 Å². The molecule has 0 aliphatic carbocycles. The van der Waals surface area contributed by atoms with Gasteiger partial charge in [-0.25, -0.2) is 4.79 Å². The molecule has 0 aliphatic rings. The lowest BCUT2D eigenvalue weighted by Gasteiger charge is -1.96. The van der Waals surface area contributed by atoms with E-state index in [1.807, 2.05) is 0 Å². The molecule has 0 saturated heterocycles. The molecule has 0 fully saturated rings. The molecule has 0 heterocycles. The number of phenolic OH excluding ortho intramolecular Hbond substituents is 1. The number of hydrogen-bond donors (Lipinski definition) is 1. The Labute approximate surface area is 90.6 Å². The van der Waals surface area contributed by atoms with Crippen LogP contribution in [0.15, 0.2) is 18.2 Å². The molecule has 1 rings (SSSR count). The number of nitrogens with zero attached hydrogens (tertiary/aromatic N) is 1. The summed E-state index contributed by atoms with van der Waals surface area (Å²) in [4.78, 5) is 20.5. The lowest BCUT2D eigenvalue weighted by atomic mass is 10.2. The third-order valence-electron chi connectivity index (χ3n) is 1.68. The Bertz CT molecular complexity index is 498. The monoisotopic (exact) mass is 221 g/mol. The number of ether oxygens (including phenoxy) is 1. The first-order valence-electron chi connectivity index (χ1n) is 4.12. The molecule has 0 saturated carbocycles. The highest BCUT2D eigenvalue weighted by Crippen LogP contribution is 2.21. The van der Waals surface area contributed by atoms with Crippen LogP contribution >= 0.6 is 0 Å². The van der Waals surface area contributed by atoms with E-state index < -0.39 is 10.9 Å². The highest BCUT2D eigenvalue weighted by Gasteiger charge is 2.08. The van der Waals surface area contributed by atoms with Gasteiger partial charge in [0, 0.05) is 18.1 Å². The van der Waals surface area contributed by atoms with E-state index >= 15 is 0 Å². The molecule has 0 amide bonds. The number of carbonyl (C=O) groups excluding carboxylic acids is 1. The third kappa shape index (κ3) is 2.72. The average molecular weight is 221 g/mol. The van der Waals surface area contributed by atoms with E-state index in [1.54, 1.807) is 0 Å². The number of hydrogen-bond acceptors (Lipinski definition) is 5. The first kappa shape index (κ1) is 11.5. The van der Waals surface area contributed by atoms with Crippen molar-refractivity contribution < 1.29 is 19.6 Å². The molecule has 0 radical (unpaired) electrons. The molecule has 0 atom stereocenters. The number of rotatable bonds is 1. The Morgan fingerprint density at radius 3 is 2.81 bits per heavy atom. The number of nitro benzene ring substituents is 1. The summed E-state index contributed by atoms with van der Waals surface area (Å²) >= 11 is 0. The van der Waals surface area contributed by atoms with Crippen LogP contribution in [-0.2, 0) is 9.53 Å². The van der Waals surface area contributed by atoms with Gasteiger partial charge in [0.2, 0.25) is 0 Å². The highest BCUT2D eigenvalue weighted by atomic mass is 16.6. The fraction of sp³-hybridized carbons (Fsp3) is 0.100. The second kappa shape index (κ2) is 4.79. The van der Waals surface area contributed by atoms with Crippen molar-refractivity contribution in [2.75, 3.05) is 7.11 Å². The SMILES string of the molecule is COC(=O)C#Cc1cc([N+](=O)[O-])ccc1O. The smallest absolute Gasteiger partial charge is 0.384 e. The number of benzene rings is 1. The maximum Gasteiger partial charge on any atom is 0.384 e. The molecule has 82 valence electrons. The summed E-state index contributed by atoms with van der Waals surface area (Å²) in [7, 11) is 1.16. The molecule has 0 unspecified atom stereocenters. The van der Waals surface area contributed by atoms with Crippen LogP contribution in [-0.4, -0.2) is 23.1 Å². The van der Waals surface area contributed by atoms with Gasteiger partial charge in [-0.15, -0.1) is 0 Å². The summed E-state index contributed by atoms with van der Waals surface area (Å²) in [5.74, 6) is 3.32. The molecule has 0 bridgehead atoms. The normalized spacial score (nSPS) is 8.81. The van der Waals surface area contributed by atoms with Gasteiger partial charge in [-0.05, 0) is 6.07 Å². The van der Waals surface area contributed by atoms with Crippen molar-refractivity contribution in [3.05, 3.63) is 33.9 Å². The van der Waals surface area contributed by atoms with Gasteiger partial charge >= 0.3 is 5.97 Å². The van der Waals surface area contributed by atoms with Gasteiger partial charge in [0.1, 0.15) is 5.75 Å². The van der Waals surface area contributed by atoms with E-state index in [4.69, 9.17) is 0 Å². The Hall–Kier alpha value is -2.55. The number of carbonyl (C=O) groups is 1. The third-order valence-corrected chi connectivity index (χ3v) is 1.68. The van der Waals surface area contributed by atoms with Crippen LogP contribution in [0.5, 0.6) is 5.75 Å². The standard InChI is InChI=1S/C10H7NO5/c1-16-10(13)5-2-7-6-8(11(14)15)3-4-9(7)12/h3-4,6,12H,1H3. The van der Waals surface area contributed by atoms with Crippen LogP contribution in [0.1, 0.15) is 5.56 Å². The molecule has 1 aromatic carbocycles. The first-order valence-corrected chi connectivity index (χ1v) is 4.12. The molecule has 0 aromatic heterocycles. The van der Waals surface area contributed by atoms with Crippen molar-refractivity contribution in [1.82, 2.24) is 0 Å². The molecule has 0 aliphatic heterocycles. The lowest BCUT2D eigenvalue weighted by Crippen LogP contribution is -1.95. The zero-order chi connectivity index (χ0) is 12.1. The molecule has 1 N–H and O–H groups in total. The van der Waals surface area contributed by atoms with Crippen LogP contribution in [0.2, 0.25) is 0 Å². The zero-order valence-corrected chi connectivity index (χ0v) is 8.26. The number of non-ortho nitro benzene ring substituents is 1. The highest BCUT2D eigenvalue weighted by molar-refractivity contribution is 5.89. The Morgan fingerprint density at radius 2 is 2.25 bits per heavy atom. The second-order valence-corrected chi connectivity index (χ2v) is 2.70. The Balaban J connectivity index is 3.11. The maximum atomic E-state index is 10.7. The quantitative estimate of drug-likeness (QED) is 0.328. The zero-order valence-electron chi connectivity index (χ0n) is 8.26. The first-order chi connectivity index (χ1) is 7.54. The lowest BCUT2D eigenvalue weighted by molar-refractivity contribution is -0.384. The second-order valence-electron chi connectivity index (χ2n) is 2.70. The molecule has 0 spiro atoms. The summed E-state index contributed by atoms with van der Waals surface area (Å²) in [6.07, 6.45) is 0. The summed E-state index contributed by atoms with van der Waals surface area (Å²) in [5, 5.41) is 19.8. The van der Waals surface area contributed by atoms with Crippen LogP contribution in [0.25, 0.3) is 0 Å². The average Bonchev–Trinajstić information content (AvgIpc) is 2.27. The summed E-state index contributed by atoms with van der Waals surface area (Å²) < 4.78 is 4.26. The van der Waals surface area contributed by atoms with Gasteiger partial charge in [0.25, 0.3) is 5.69 Å². The van der Waals surface area contributed by atoms with E-state index in [1.165, 1.54) is 0 Å². The minimum absolute atomic E-state index is 0.000370. The number of nitro groups is 1. The fourth-order valence-electron chi connectivity index (χ4n) is 0.907. The van der Waals surface area contributed by atoms with Gasteiger partial charge in [0.15, 0.2) is 0 Å². The predicted molar refractivity (Wildman–Crippen MR) is 53.7 cm³/mol. The number of phenols is 1. The van der Waals surface area contributed by atoms with Gasteiger partial charge in [-0.3, -0.25) is 10.1 Å². The Morgan fingerprint density at radius 1 is 1.56 bits per heavy atom. The summed E-state index contributed by atoms with van der Waals surface area (Å²) in [6, 6.07) is 3.35. The maximum absolute atomic E-state index is 10.7. The molecular weight excluding hydrogens is 214 g/mol. The van der Waals surface area contributed by atoms with Crippen molar-refractivity contribution in [2.24, 2.45) is 0 Å². The Kier molecular flexibility index (Phi) is 3.45. The number of esters is 1. The molecule has 6 nitrogen and oxygen atoms in total. The van der Waals surface area contributed by atoms with Gasteiger partial charge in [-0.1, -0.05) is 5.92 Å². The largest absolute Gasteiger partial charge is 0.507 e. The topological polar surface area (TPSA) is 89.7 Å². The van der Waals surface area contributed by atoms with E-state index in [9.17, 15) is 20.0 Å². The molecular formula is C10H7NO5. The van der Waals surface area contributed by atoms with E-state index in [0.29, 0.717) is 0 Å². The van der Waals surface area contributed by atoms with Crippen LogP contribution in [0.3, 0.4) is 0 Å². The van der Waals surface area contributed by atoms with Crippen molar-refractivity contribution in [3.63, 3.8) is 0 Å². The van der Waals surface area contributed by atoms with Crippen molar-refractivity contribution in [1.29, 1.82) is 0 Å². The molecule has 6 heteroatoms. The van der Waals surface area contributed by atoms with Crippen LogP contribution < -0.4 is 0 Å². The van der Waals surface area contributed by atoms with Crippen molar-refractivity contribution >= 4 is 11.7 Å². The van der Waals surface area contributed by atoms with Gasteiger partial charge in [0.05, 0.1) is 17.6 Å². The predicted octanol–water partition coefficient (Wildman–Crippen LogP) is 0.825. The fourth-order valence-corrected chi connectivity index (χ4v) is 0.907. The molecule has 16 heavy (non-hydrogen) atoms. The summed E-state index contributed by atoms with van der Waals surface area (Å²) in [5.41, 5.74) is -0.216.